The Morgan fingerprint density at radius 2 is 1.57 bits per heavy atom. The highest BCUT2D eigenvalue weighted by Crippen LogP contribution is 2.38. The van der Waals surface area contributed by atoms with Gasteiger partial charge in [0.25, 0.3) is 0 Å². The zero-order chi connectivity index (χ0) is 24.8. The number of ether oxygens (including phenoxy) is 3. The Bertz CT molecular complexity index is 1180. The molecule has 1 saturated heterocycles. The van der Waals surface area contributed by atoms with Crippen LogP contribution in [0, 0.1) is 5.82 Å². The van der Waals surface area contributed by atoms with Gasteiger partial charge in [0.15, 0.2) is 11.5 Å². The maximum Gasteiger partial charge on any atom is 0.246 e. The molecule has 0 unspecified atom stereocenters. The fourth-order valence-electron chi connectivity index (χ4n) is 3.92. The summed E-state index contributed by atoms with van der Waals surface area (Å²) in [6.45, 7) is 2.41. The number of hydrogen-bond donors (Lipinski definition) is 0. The molecular formula is C26H27FN4O4. The summed E-state index contributed by atoms with van der Waals surface area (Å²) in [6, 6.07) is 11.7. The number of carbonyl (C=O) groups is 1. The Labute approximate surface area is 203 Å². The van der Waals surface area contributed by atoms with Gasteiger partial charge in [0.05, 0.1) is 27.0 Å². The number of amides is 1. The number of benzene rings is 2. The van der Waals surface area contributed by atoms with Crippen LogP contribution in [-0.2, 0) is 4.79 Å². The molecule has 0 bridgehead atoms. The Morgan fingerprint density at radius 1 is 0.914 bits per heavy atom. The van der Waals surface area contributed by atoms with Crippen LogP contribution in [0.25, 0.3) is 17.3 Å². The van der Waals surface area contributed by atoms with E-state index in [2.05, 4.69) is 14.9 Å². The third-order valence-electron chi connectivity index (χ3n) is 5.81. The topological polar surface area (TPSA) is 77.0 Å². The summed E-state index contributed by atoms with van der Waals surface area (Å²) in [5, 5.41) is 0. The average molecular weight is 479 g/mol. The lowest BCUT2D eigenvalue weighted by Crippen LogP contribution is -2.48. The van der Waals surface area contributed by atoms with Gasteiger partial charge < -0.3 is 24.0 Å². The smallest absolute Gasteiger partial charge is 0.246 e. The average Bonchev–Trinajstić information content (AvgIpc) is 2.91. The van der Waals surface area contributed by atoms with Crippen molar-refractivity contribution in [3.05, 3.63) is 66.2 Å². The molecular weight excluding hydrogens is 451 g/mol. The highest BCUT2D eigenvalue weighted by molar-refractivity contribution is 5.92. The Morgan fingerprint density at radius 3 is 2.17 bits per heavy atom. The Balaban J connectivity index is 1.39. The van der Waals surface area contributed by atoms with Crippen LogP contribution in [0.2, 0.25) is 0 Å². The highest BCUT2D eigenvalue weighted by Gasteiger charge is 2.21. The lowest BCUT2D eigenvalue weighted by molar-refractivity contribution is -0.126. The number of aromatic nitrogens is 2. The third-order valence-corrected chi connectivity index (χ3v) is 5.81. The number of hydrogen-bond acceptors (Lipinski definition) is 7. The molecule has 1 fully saturated rings. The second-order valence-corrected chi connectivity index (χ2v) is 7.87. The number of nitrogens with zero attached hydrogens (tertiary/aromatic N) is 4. The molecule has 1 amide bonds. The van der Waals surface area contributed by atoms with Crippen molar-refractivity contribution in [2.24, 2.45) is 0 Å². The van der Waals surface area contributed by atoms with Crippen LogP contribution in [0.5, 0.6) is 17.2 Å². The van der Waals surface area contributed by atoms with Crippen LogP contribution >= 0.6 is 0 Å². The maximum atomic E-state index is 13.2. The zero-order valence-corrected chi connectivity index (χ0v) is 19.9. The van der Waals surface area contributed by atoms with E-state index in [4.69, 9.17) is 14.2 Å². The summed E-state index contributed by atoms with van der Waals surface area (Å²) in [4.78, 5) is 25.4. The fourth-order valence-corrected chi connectivity index (χ4v) is 3.92. The molecule has 2 aromatic carbocycles. The highest BCUT2D eigenvalue weighted by atomic mass is 19.1. The predicted molar refractivity (Wildman–Crippen MR) is 131 cm³/mol. The van der Waals surface area contributed by atoms with E-state index in [9.17, 15) is 9.18 Å². The van der Waals surface area contributed by atoms with Gasteiger partial charge in [0.2, 0.25) is 11.7 Å². The van der Waals surface area contributed by atoms with Crippen molar-refractivity contribution in [1.82, 2.24) is 14.9 Å². The first-order chi connectivity index (χ1) is 17.0. The molecule has 182 valence electrons. The van der Waals surface area contributed by atoms with Gasteiger partial charge in [-0.1, -0.05) is 0 Å². The van der Waals surface area contributed by atoms with Crippen molar-refractivity contribution in [1.29, 1.82) is 0 Å². The summed E-state index contributed by atoms with van der Waals surface area (Å²) in [7, 11) is 4.65. The van der Waals surface area contributed by atoms with Crippen LogP contribution in [0.4, 0.5) is 10.2 Å². The minimum atomic E-state index is -0.289. The van der Waals surface area contributed by atoms with Crippen molar-refractivity contribution in [2.75, 3.05) is 52.4 Å². The van der Waals surface area contributed by atoms with Crippen LogP contribution in [0.3, 0.4) is 0 Å². The van der Waals surface area contributed by atoms with Crippen molar-refractivity contribution in [2.45, 2.75) is 0 Å². The monoisotopic (exact) mass is 478 g/mol. The normalized spacial score (nSPS) is 13.7. The summed E-state index contributed by atoms with van der Waals surface area (Å²) in [6.07, 6.45) is 4.79. The van der Waals surface area contributed by atoms with E-state index in [1.54, 1.807) is 62.6 Å². The maximum absolute atomic E-state index is 13.2. The first-order valence-corrected chi connectivity index (χ1v) is 11.1. The van der Waals surface area contributed by atoms with Gasteiger partial charge in [-0.3, -0.25) is 4.79 Å². The minimum Gasteiger partial charge on any atom is -0.493 e. The molecule has 0 N–H and O–H groups in total. The predicted octanol–water partition coefficient (Wildman–Crippen LogP) is 3.67. The Hall–Kier alpha value is -4.14. The molecule has 2 heterocycles. The molecule has 0 saturated carbocycles. The van der Waals surface area contributed by atoms with Crippen LogP contribution in [-0.4, -0.2) is 68.3 Å². The van der Waals surface area contributed by atoms with Crippen molar-refractivity contribution in [3.63, 3.8) is 0 Å². The molecule has 1 aliphatic rings. The number of halogens is 1. The van der Waals surface area contributed by atoms with E-state index in [-0.39, 0.29) is 11.7 Å². The molecule has 0 spiro atoms. The van der Waals surface area contributed by atoms with Gasteiger partial charge in [-0.25, -0.2) is 14.4 Å². The van der Waals surface area contributed by atoms with Gasteiger partial charge >= 0.3 is 0 Å². The molecule has 9 heteroatoms. The summed E-state index contributed by atoms with van der Waals surface area (Å²) in [5.74, 6) is 1.97. The molecule has 1 aliphatic heterocycles. The van der Waals surface area contributed by atoms with E-state index >= 15 is 0 Å². The van der Waals surface area contributed by atoms with Gasteiger partial charge in [0.1, 0.15) is 18.0 Å². The third kappa shape index (κ3) is 5.51. The van der Waals surface area contributed by atoms with E-state index in [0.29, 0.717) is 43.4 Å². The number of carbonyl (C=O) groups excluding carboxylic acids is 1. The second-order valence-electron chi connectivity index (χ2n) is 7.87. The minimum absolute atomic E-state index is 0.0758. The van der Waals surface area contributed by atoms with E-state index in [1.807, 2.05) is 6.07 Å². The fraction of sp³-hybridized carbons (Fsp3) is 0.269. The SMILES string of the molecule is COc1cc(/C=C\C(=O)N2CCN(c3cc(-c4ccc(F)cc4)ncn3)CC2)cc(OC)c1OC. The lowest BCUT2D eigenvalue weighted by atomic mass is 10.1. The summed E-state index contributed by atoms with van der Waals surface area (Å²) in [5.41, 5.74) is 2.31. The molecule has 35 heavy (non-hydrogen) atoms. The molecule has 0 radical (unpaired) electrons. The lowest BCUT2D eigenvalue weighted by Gasteiger charge is -2.35. The van der Waals surface area contributed by atoms with E-state index in [0.717, 1.165) is 22.6 Å². The molecule has 0 aliphatic carbocycles. The summed E-state index contributed by atoms with van der Waals surface area (Å²) >= 11 is 0. The quantitative estimate of drug-likeness (QED) is 0.480. The van der Waals surface area contributed by atoms with Crippen molar-refractivity contribution < 1.29 is 23.4 Å². The molecule has 4 rings (SSSR count). The van der Waals surface area contributed by atoms with Gasteiger partial charge in [-0.2, -0.15) is 0 Å². The number of methoxy groups -OCH3 is 3. The molecule has 0 atom stereocenters. The first kappa shape index (κ1) is 24.0. The second kappa shape index (κ2) is 10.9. The van der Waals surface area contributed by atoms with Gasteiger partial charge in [0, 0.05) is 43.9 Å². The van der Waals surface area contributed by atoms with E-state index < -0.39 is 0 Å². The molecule has 8 nitrogen and oxygen atoms in total. The Kier molecular flexibility index (Phi) is 7.45. The van der Waals surface area contributed by atoms with Crippen LogP contribution in [0.15, 0.2) is 54.9 Å². The first-order valence-electron chi connectivity index (χ1n) is 11.1. The number of piperazine rings is 1. The standard InChI is InChI=1S/C26H27FN4O4/c1-33-22-14-18(15-23(34-2)26(22)35-3)4-9-25(32)31-12-10-30(11-13-31)24-16-21(28-17-29-24)19-5-7-20(27)8-6-19/h4-9,14-17H,10-13H2,1-3H3/b9-4-. The zero-order valence-electron chi connectivity index (χ0n) is 19.9. The number of rotatable bonds is 7. The molecule has 3 aromatic rings. The van der Waals surface area contributed by atoms with Gasteiger partial charge in [-0.05, 0) is 48.0 Å². The number of anilines is 1. The van der Waals surface area contributed by atoms with Crippen molar-refractivity contribution in [3.8, 4) is 28.5 Å². The van der Waals surface area contributed by atoms with Crippen LogP contribution in [0.1, 0.15) is 5.56 Å². The summed E-state index contributed by atoms with van der Waals surface area (Å²) < 4.78 is 29.3. The van der Waals surface area contributed by atoms with Crippen LogP contribution < -0.4 is 19.1 Å². The van der Waals surface area contributed by atoms with Gasteiger partial charge in [-0.15, -0.1) is 0 Å². The van der Waals surface area contributed by atoms with Crippen molar-refractivity contribution >= 4 is 17.8 Å². The van der Waals surface area contributed by atoms with E-state index in [1.165, 1.54) is 18.5 Å². The largest absolute Gasteiger partial charge is 0.493 e. The molecule has 1 aromatic heterocycles.